The van der Waals surface area contributed by atoms with Crippen molar-refractivity contribution >= 4 is 0 Å². The second kappa shape index (κ2) is 5.09. The summed E-state index contributed by atoms with van der Waals surface area (Å²) >= 11 is 0. The van der Waals surface area contributed by atoms with Crippen LogP contribution in [0.3, 0.4) is 0 Å². The molecule has 17 heavy (non-hydrogen) atoms. The Kier molecular flexibility index (Phi) is 3.53. The van der Waals surface area contributed by atoms with Gasteiger partial charge in [0.2, 0.25) is 5.89 Å². The molecule has 6 heteroatoms. The number of oxazole rings is 1. The van der Waals surface area contributed by atoms with Gasteiger partial charge < -0.3 is 9.73 Å². The zero-order valence-electron chi connectivity index (χ0n) is 10.4. The van der Waals surface area contributed by atoms with E-state index in [1.807, 2.05) is 20.0 Å². The molecule has 0 saturated heterocycles. The van der Waals surface area contributed by atoms with E-state index in [9.17, 15) is 0 Å². The first kappa shape index (κ1) is 11.8. The first-order chi connectivity index (χ1) is 8.19. The molecule has 0 aliphatic carbocycles. The summed E-state index contributed by atoms with van der Waals surface area (Å²) in [5.74, 6) is 1.52. The van der Waals surface area contributed by atoms with Gasteiger partial charge in [0.15, 0.2) is 0 Å². The maximum Gasteiger partial charge on any atom is 0.216 e. The summed E-state index contributed by atoms with van der Waals surface area (Å²) in [6, 6.07) is 0. The fourth-order valence-corrected chi connectivity index (χ4v) is 1.50. The molecule has 1 N–H and O–H groups in total. The zero-order valence-corrected chi connectivity index (χ0v) is 10.4. The van der Waals surface area contributed by atoms with Gasteiger partial charge in [-0.15, -0.1) is 5.10 Å². The molecule has 0 bridgehead atoms. The van der Waals surface area contributed by atoms with E-state index >= 15 is 0 Å². The molecule has 0 fully saturated rings. The highest BCUT2D eigenvalue weighted by Crippen LogP contribution is 2.09. The molecule has 2 heterocycles. The number of nitrogens with zero attached hydrogens (tertiary/aromatic N) is 4. The minimum atomic E-state index is 0.522. The fraction of sp³-hybridized carbons (Fsp3) is 0.545. The van der Waals surface area contributed by atoms with Gasteiger partial charge in [-0.3, -0.25) is 0 Å². The second-order valence-corrected chi connectivity index (χ2v) is 3.94. The monoisotopic (exact) mass is 235 g/mol. The minimum absolute atomic E-state index is 0.522. The van der Waals surface area contributed by atoms with Gasteiger partial charge in [0, 0.05) is 6.54 Å². The van der Waals surface area contributed by atoms with Crippen LogP contribution in [0.4, 0.5) is 0 Å². The summed E-state index contributed by atoms with van der Waals surface area (Å²) in [6.07, 6.45) is 1.90. The number of hydrogen-bond acceptors (Lipinski definition) is 5. The van der Waals surface area contributed by atoms with Crippen LogP contribution in [0.1, 0.15) is 30.0 Å². The molecular weight excluding hydrogens is 218 g/mol. The standard InChI is InChI=1S/C11H17N5O/c1-4-12-5-10-6-16(15-14-10)7-11-13-8(2)9(3)17-11/h6,12H,4-5,7H2,1-3H3. The van der Waals surface area contributed by atoms with Gasteiger partial charge in [-0.1, -0.05) is 12.1 Å². The van der Waals surface area contributed by atoms with Crippen molar-refractivity contribution in [1.29, 1.82) is 0 Å². The Morgan fingerprint density at radius 2 is 2.24 bits per heavy atom. The topological polar surface area (TPSA) is 68.8 Å². The van der Waals surface area contributed by atoms with E-state index in [0.717, 1.165) is 30.2 Å². The van der Waals surface area contributed by atoms with Crippen LogP contribution in [0.25, 0.3) is 0 Å². The van der Waals surface area contributed by atoms with E-state index in [1.165, 1.54) is 0 Å². The molecule has 0 unspecified atom stereocenters. The van der Waals surface area contributed by atoms with E-state index in [4.69, 9.17) is 4.42 Å². The van der Waals surface area contributed by atoms with Crippen LogP contribution in [0.2, 0.25) is 0 Å². The van der Waals surface area contributed by atoms with Gasteiger partial charge in [-0.25, -0.2) is 9.67 Å². The predicted octanol–water partition coefficient (Wildman–Crippen LogP) is 1.04. The van der Waals surface area contributed by atoms with Crippen LogP contribution in [0, 0.1) is 13.8 Å². The van der Waals surface area contributed by atoms with E-state index in [0.29, 0.717) is 12.4 Å². The first-order valence-corrected chi connectivity index (χ1v) is 5.71. The van der Waals surface area contributed by atoms with E-state index in [2.05, 4.69) is 27.5 Å². The van der Waals surface area contributed by atoms with Crippen molar-refractivity contribution in [2.24, 2.45) is 0 Å². The molecule has 0 spiro atoms. The van der Waals surface area contributed by atoms with E-state index in [1.54, 1.807) is 4.68 Å². The van der Waals surface area contributed by atoms with Gasteiger partial charge in [0.1, 0.15) is 12.3 Å². The largest absolute Gasteiger partial charge is 0.444 e. The molecule has 0 atom stereocenters. The van der Waals surface area contributed by atoms with Crippen LogP contribution in [-0.2, 0) is 13.1 Å². The van der Waals surface area contributed by atoms with Gasteiger partial charge in [-0.2, -0.15) is 0 Å². The number of hydrogen-bond donors (Lipinski definition) is 1. The summed E-state index contributed by atoms with van der Waals surface area (Å²) in [6.45, 7) is 8.08. The summed E-state index contributed by atoms with van der Waals surface area (Å²) in [4.78, 5) is 4.31. The van der Waals surface area contributed by atoms with Crippen LogP contribution >= 0.6 is 0 Å². The summed E-state index contributed by atoms with van der Waals surface area (Å²) in [5, 5.41) is 11.3. The Bertz CT molecular complexity index is 468. The van der Waals surface area contributed by atoms with E-state index < -0.39 is 0 Å². The molecule has 2 rings (SSSR count). The number of nitrogens with one attached hydrogen (secondary N) is 1. The average molecular weight is 235 g/mol. The first-order valence-electron chi connectivity index (χ1n) is 5.71. The predicted molar refractivity (Wildman–Crippen MR) is 62.5 cm³/mol. The Labute approximate surface area is 100 Å². The molecule has 0 saturated carbocycles. The van der Waals surface area contributed by atoms with Gasteiger partial charge in [-0.05, 0) is 20.4 Å². The molecule has 92 valence electrons. The summed E-state index contributed by atoms with van der Waals surface area (Å²) < 4.78 is 7.23. The van der Waals surface area contributed by atoms with Crippen molar-refractivity contribution in [3.8, 4) is 0 Å². The average Bonchev–Trinajstić information content (AvgIpc) is 2.85. The van der Waals surface area contributed by atoms with Crippen molar-refractivity contribution in [2.45, 2.75) is 33.9 Å². The molecular formula is C11H17N5O. The maximum absolute atomic E-state index is 5.49. The quantitative estimate of drug-likeness (QED) is 0.838. The molecule has 0 aliphatic heterocycles. The van der Waals surface area contributed by atoms with Gasteiger partial charge in [0.05, 0.1) is 17.6 Å². The second-order valence-electron chi connectivity index (χ2n) is 3.94. The Morgan fingerprint density at radius 1 is 1.41 bits per heavy atom. The highest BCUT2D eigenvalue weighted by atomic mass is 16.4. The lowest BCUT2D eigenvalue weighted by Crippen LogP contribution is -2.11. The molecule has 0 aliphatic rings. The summed E-state index contributed by atoms with van der Waals surface area (Å²) in [5.41, 5.74) is 1.85. The molecule has 6 nitrogen and oxygen atoms in total. The van der Waals surface area contributed by atoms with Crippen LogP contribution in [-0.4, -0.2) is 26.5 Å². The van der Waals surface area contributed by atoms with E-state index in [-0.39, 0.29) is 0 Å². The van der Waals surface area contributed by atoms with Crippen molar-refractivity contribution in [3.63, 3.8) is 0 Å². The number of aryl methyl sites for hydroxylation is 2. The highest BCUT2D eigenvalue weighted by molar-refractivity contribution is 5.05. The minimum Gasteiger partial charge on any atom is -0.444 e. The lowest BCUT2D eigenvalue weighted by atomic mass is 10.4. The third-order valence-electron chi connectivity index (χ3n) is 2.51. The lowest BCUT2D eigenvalue weighted by Gasteiger charge is -1.95. The van der Waals surface area contributed by atoms with Crippen LogP contribution in [0.5, 0.6) is 0 Å². The normalized spacial score (nSPS) is 11.0. The Morgan fingerprint density at radius 3 is 2.88 bits per heavy atom. The van der Waals surface area contributed by atoms with Crippen molar-refractivity contribution in [2.75, 3.05) is 6.54 Å². The summed E-state index contributed by atoms with van der Waals surface area (Å²) in [7, 11) is 0. The number of aromatic nitrogens is 4. The van der Waals surface area contributed by atoms with Gasteiger partial charge >= 0.3 is 0 Å². The molecule has 0 aromatic carbocycles. The Balaban J connectivity index is 2.01. The lowest BCUT2D eigenvalue weighted by molar-refractivity contribution is 0.442. The van der Waals surface area contributed by atoms with Crippen LogP contribution in [0.15, 0.2) is 10.6 Å². The molecule has 2 aromatic rings. The SMILES string of the molecule is CCNCc1cn(Cc2nc(C)c(C)o2)nn1. The smallest absolute Gasteiger partial charge is 0.216 e. The fourth-order valence-electron chi connectivity index (χ4n) is 1.50. The van der Waals surface area contributed by atoms with Crippen molar-refractivity contribution in [1.82, 2.24) is 25.3 Å². The highest BCUT2D eigenvalue weighted by Gasteiger charge is 2.07. The number of rotatable bonds is 5. The van der Waals surface area contributed by atoms with Gasteiger partial charge in [0.25, 0.3) is 0 Å². The zero-order chi connectivity index (χ0) is 12.3. The third kappa shape index (κ3) is 2.91. The third-order valence-corrected chi connectivity index (χ3v) is 2.51. The maximum atomic E-state index is 5.49. The molecule has 2 aromatic heterocycles. The Hall–Kier alpha value is -1.69. The van der Waals surface area contributed by atoms with Crippen molar-refractivity contribution < 1.29 is 4.42 Å². The molecule has 0 amide bonds. The molecule has 0 radical (unpaired) electrons. The van der Waals surface area contributed by atoms with Crippen LogP contribution < -0.4 is 5.32 Å². The van der Waals surface area contributed by atoms with Crippen molar-refractivity contribution in [3.05, 3.63) is 29.2 Å².